The second kappa shape index (κ2) is 8.88. The third-order valence-electron chi connectivity index (χ3n) is 7.41. The minimum atomic E-state index is 0.497. The Kier molecular flexibility index (Phi) is 5.45. The summed E-state index contributed by atoms with van der Waals surface area (Å²) in [5, 5.41) is 7.96. The smallest absolute Gasteiger partial charge is 0.0456 e. The summed E-state index contributed by atoms with van der Waals surface area (Å²) in [6.45, 7) is 1.00. The van der Waals surface area contributed by atoms with Crippen molar-refractivity contribution in [3.05, 3.63) is 119 Å². The van der Waals surface area contributed by atoms with Gasteiger partial charge in [-0.3, -0.25) is 0 Å². The molecule has 164 valence electrons. The van der Waals surface area contributed by atoms with Gasteiger partial charge in [0, 0.05) is 29.1 Å². The Labute approximate surface area is 195 Å². The lowest BCUT2D eigenvalue weighted by molar-refractivity contribution is 0.387. The molecule has 0 saturated carbocycles. The number of H-pyrrole nitrogens is 1. The SMILES string of the molecule is c1ccc2c(c1)CC[C@@H](NCCc1c[nH]c3ccccc13)[C@@H]2Cc1ccc2ccccc2c1. The number of nitrogens with one attached hydrogen (secondary N) is 2. The number of rotatable bonds is 6. The second-order valence-electron chi connectivity index (χ2n) is 9.40. The molecule has 1 aliphatic rings. The molecule has 0 bridgehead atoms. The Morgan fingerprint density at radius 3 is 2.61 bits per heavy atom. The molecule has 0 radical (unpaired) electrons. The van der Waals surface area contributed by atoms with Crippen LogP contribution in [0.5, 0.6) is 0 Å². The Morgan fingerprint density at radius 1 is 0.818 bits per heavy atom. The lowest BCUT2D eigenvalue weighted by Crippen LogP contribution is -2.40. The fraction of sp³-hybridized carbons (Fsp3) is 0.226. The molecule has 2 N–H and O–H groups in total. The molecular weight excluding hydrogens is 400 g/mol. The Bertz CT molecular complexity index is 1400. The van der Waals surface area contributed by atoms with Crippen LogP contribution >= 0.6 is 0 Å². The van der Waals surface area contributed by atoms with Gasteiger partial charge in [0.05, 0.1) is 0 Å². The summed E-state index contributed by atoms with van der Waals surface area (Å²) in [5.41, 5.74) is 7.12. The van der Waals surface area contributed by atoms with Crippen molar-refractivity contribution < 1.29 is 0 Å². The van der Waals surface area contributed by atoms with Crippen LogP contribution in [-0.2, 0) is 19.3 Å². The fourth-order valence-electron chi connectivity index (χ4n) is 5.70. The van der Waals surface area contributed by atoms with Crippen LogP contribution in [-0.4, -0.2) is 17.6 Å². The van der Waals surface area contributed by atoms with Gasteiger partial charge >= 0.3 is 0 Å². The molecule has 0 saturated heterocycles. The number of benzene rings is 4. The summed E-state index contributed by atoms with van der Waals surface area (Å²) in [5.74, 6) is 0.499. The van der Waals surface area contributed by atoms with Crippen LogP contribution in [0.25, 0.3) is 21.7 Å². The first kappa shape index (κ1) is 20.3. The molecule has 5 aromatic rings. The molecule has 2 nitrogen and oxygen atoms in total. The zero-order valence-electron chi connectivity index (χ0n) is 18.9. The summed E-state index contributed by atoms with van der Waals surface area (Å²) in [4.78, 5) is 3.42. The topological polar surface area (TPSA) is 27.8 Å². The van der Waals surface area contributed by atoms with Crippen molar-refractivity contribution in [2.45, 2.75) is 37.6 Å². The van der Waals surface area contributed by atoms with Gasteiger partial charge in [-0.15, -0.1) is 0 Å². The number of fused-ring (bicyclic) bond motifs is 3. The van der Waals surface area contributed by atoms with E-state index in [-0.39, 0.29) is 0 Å². The molecule has 4 aromatic carbocycles. The van der Waals surface area contributed by atoms with Crippen LogP contribution in [0.2, 0.25) is 0 Å². The summed E-state index contributed by atoms with van der Waals surface area (Å²) in [6, 6.07) is 33.8. The molecule has 1 aromatic heterocycles. The minimum absolute atomic E-state index is 0.497. The normalized spacial score (nSPS) is 17.9. The van der Waals surface area contributed by atoms with Gasteiger partial charge in [0.25, 0.3) is 0 Å². The minimum Gasteiger partial charge on any atom is -0.361 e. The molecule has 2 atom stereocenters. The largest absolute Gasteiger partial charge is 0.361 e. The molecule has 1 heterocycles. The number of aryl methyl sites for hydroxylation is 1. The van der Waals surface area contributed by atoms with E-state index in [1.807, 2.05) is 0 Å². The van der Waals surface area contributed by atoms with E-state index in [1.165, 1.54) is 50.4 Å². The maximum absolute atomic E-state index is 3.96. The lowest BCUT2D eigenvalue weighted by atomic mass is 9.76. The summed E-state index contributed by atoms with van der Waals surface area (Å²) in [7, 11) is 0. The van der Waals surface area contributed by atoms with Crippen LogP contribution in [0.1, 0.15) is 34.6 Å². The van der Waals surface area contributed by atoms with E-state index in [2.05, 4.69) is 107 Å². The fourth-order valence-corrected chi connectivity index (χ4v) is 5.70. The highest BCUT2D eigenvalue weighted by Gasteiger charge is 2.29. The van der Waals surface area contributed by atoms with Gasteiger partial charge in [0.1, 0.15) is 0 Å². The Balaban J connectivity index is 1.23. The van der Waals surface area contributed by atoms with E-state index in [0.29, 0.717) is 12.0 Å². The van der Waals surface area contributed by atoms with Crippen molar-refractivity contribution in [2.24, 2.45) is 0 Å². The first-order chi connectivity index (χ1) is 16.3. The highest BCUT2D eigenvalue weighted by molar-refractivity contribution is 5.83. The van der Waals surface area contributed by atoms with E-state index in [0.717, 1.165) is 25.8 Å². The van der Waals surface area contributed by atoms with Crippen molar-refractivity contribution in [1.29, 1.82) is 0 Å². The predicted molar refractivity (Wildman–Crippen MR) is 139 cm³/mol. The highest BCUT2D eigenvalue weighted by atomic mass is 14.9. The van der Waals surface area contributed by atoms with Gasteiger partial charge in [-0.05, 0) is 71.3 Å². The molecule has 0 spiro atoms. The van der Waals surface area contributed by atoms with Crippen molar-refractivity contribution in [3.8, 4) is 0 Å². The molecule has 2 heteroatoms. The average Bonchev–Trinajstić information content (AvgIpc) is 3.28. The first-order valence-corrected chi connectivity index (χ1v) is 12.2. The zero-order chi connectivity index (χ0) is 22.0. The number of hydrogen-bond acceptors (Lipinski definition) is 1. The summed E-state index contributed by atoms with van der Waals surface area (Å²) >= 11 is 0. The number of hydrogen-bond donors (Lipinski definition) is 2. The lowest BCUT2D eigenvalue weighted by Gasteiger charge is -2.35. The van der Waals surface area contributed by atoms with E-state index in [9.17, 15) is 0 Å². The first-order valence-electron chi connectivity index (χ1n) is 12.2. The Hall–Kier alpha value is -3.36. The highest BCUT2D eigenvalue weighted by Crippen LogP contribution is 2.35. The quantitative estimate of drug-likeness (QED) is 0.305. The monoisotopic (exact) mass is 430 g/mol. The van der Waals surface area contributed by atoms with Gasteiger partial charge < -0.3 is 10.3 Å². The molecule has 0 unspecified atom stereocenters. The number of aromatic amines is 1. The average molecular weight is 431 g/mol. The van der Waals surface area contributed by atoms with Crippen LogP contribution in [0, 0.1) is 0 Å². The molecule has 0 fully saturated rings. The molecular formula is C31H30N2. The van der Waals surface area contributed by atoms with Gasteiger partial charge in [-0.1, -0.05) is 84.9 Å². The second-order valence-corrected chi connectivity index (χ2v) is 9.40. The van der Waals surface area contributed by atoms with Crippen LogP contribution in [0.15, 0.2) is 97.2 Å². The molecule has 33 heavy (non-hydrogen) atoms. The number of para-hydroxylation sites is 1. The van der Waals surface area contributed by atoms with Gasteiger partial charge in [0.2, 0.25) is 0 Å². The van der Waals surface area contributed by atoms with Crippen LogP contribution in [0.4, 0.5) is 0 Å². The maximum atomic E-state index is 3.96. The van der Waals surface area contributed by atoms with Crippen molar-refractivity contribution in [2.75, 3.05) is 6.54 Å². The maximum Gasteiger partial charge on any atom is 0.0456 e. The zero-order valence-corrected chi connectivity index (χ0v) is 18.9. The van der Waals surface area contributed by atoms with Gasteiger partial charge in [0.15, 0.2) is 0 Å². The standard InChI is InChI=1S/C31H30N2/c1-2-9-25-19-22(13-14-23(25)7-1)20-29-27-10-4-3-8-24(27)15-16-31(29)32-18-17-26-21-33-30-12-6-5-11-28(26)30/h1-14,19,21,29,31-33H,15-18,20H2/t29-,31-/m1/s1. The predicted octanol–water partition coefficient (Wildman–Crippen LogP) is 6.79. The van der Waals surface area contributed by atoms with E-state index < -0.39 is 0 Å². The van der Waals surface area contributed by atoms with Crippen molar-refractivity contribution >= 4 is 21.7 Å². The molecule has 0 amide bonds. The van der Waals surface area contributed by atoms with Gasteiger partial charge in [-0.25, -0.2) is 0 Å². The van der Waals surface area contributed by atoms with Gasteiger partial charge in [-0.2, -0.15) is 0 Å². The Morgan fingerprint density at radius 2 is 1.64 bits per heavy atom. The molecule has 1 aliphatic carbocycles. The molecule has 0 aliphatic heterocycles. The van der Waals surface area contributed by atoms with Crippen molar-refractivity contribution in [3.63, 3.8) is 0 Å². The summed E-state index contributed by atoms with van der Waals surface area (Å²) in [6.07, 6.45) is 6.66. The summed E-state index contributed by atoms with van der Waals surface area (Å²) < 4.78 is 0. The van der Waals surface area contributed by atoms with Crippen LogP contribution < -0.4 is 5.32 Å². The third kappa shape index (κ3) is 4.07. The van der Waals surface area contributed by atoms with E-state index in [1.54, 1.807) is 0 Å². The molecule has 6 rings (SSSR count). The van der Waals surface area contributed by atoms with E-state index in [4.69, 9.17) is 0 Å². The van der Waals surface area contributed by atoms with Crippen molar-refractivity contribution in [1.82, 2.24) is 10.3 Å². The van der Waals surface area contributed by atoms with Crippen LogP contribution in [0.3, 0.4) is 0 Å². The van der Waals surface area contributed by atoms with E-state index >= 15 is 0 Å². The third-order valence-corrected chi connectivity index (χ3v) is 7.41. The number of aromatic nitrogens is 1.